The number of halogens is 2. The van der Waals surface area contributed by atoms with Crippen molar-refractivity contribution in [3.8, 4) is 0 Å². The van der Waals surface area contributed by atoms with Crippen molar-refractivity contribution in [2.75, 3.05) is 6.54 Å². The summed E-state index contributed by atoms with van der Waals surface area (Å²) in [4.78, 5) is 4.06. The zero-order valence-electron chi connectivity index (χ0n) is 9.63. The molecule has 90 valence electrons. The first-order chi connectivity index (χ1) is 8.13. The van der Waals surface area contributed by atoms with Crippen LogP contribution in [0.25, 0.3) is 10.9 Å². The first kappa shape index (κ1) is 11.9. The van der Waals surface area contributed by atoms with E-state index in [1.54, 1.807) is 13.0 Å². The van der Waals surface area contributed by atoms with E-state index in [-0.39, 0.29) is 10.9 Å². The number of nitrogens with zero attached hydrogens (tertiary/aromatic N) is 1. The van der Waals surface area contributed by atoms with Crippen molar-refractivity contribution in [1.82, 2.24) is 4.98 Å². The van der Waals surface area contributed by atoms with E-state index in [1.807, 2.05) is 0 Å². The number of nitrogens with two attached hydrogens (primary N) is 1. The molecule has 2 N–H and O–H groups in total. The highest BCUT2D eigenvalue weighted by molar-refractivity contribution is 5.83. The molecule has 1 aromatic carbocycles. The van der Waals surface area contributed by atoms with Gasteiger partial charge in [0.15, 0.2) is 0 Å². The molecule has 1 aromatic heterocycles. The molecule has 0 aliphatic heterocycles. The van der Waals surface area contributed by atoms with Crippen molar-refractivity contribution >= 4 is 10.9 Å². The Hall–Kier alpha value is -1.55. The Balaban J connectivity index is 2.68. The first-order valence-electron chi connectivity index (χ1n) is 5.58. The van der Waals surface area contributed by atoms with E-state index < -0.39 is 11.6 Å². The lowest BCUT2D eigenvalue weighted by molar-refractivity contribution is 0.613. The van der Waals surface area contributed by atoms with E-state index in [4.69, 9.17) is 5.73 Å². The molecule has 0 saturated carbocycles. The van der Waals surface area contributed by atoms with Gasteiger partial charge < -0.3 is 5.73 Å². The Morgan fingerprint density at radius 3 is 2.65 bits per heavy atom. The van der Waals surface area contributed by atoms with Gasteiger partial charge in [0.05, 0.1) is 0 Å². The highest BCUT2D eigenvalue weighted by Gasteiger charge is 2.12. The van der Waals surface area contributed by atoms with Gasteiger partial charge in [-0.05, 0) is 50.1 Å². The third-order valence-corrected chi connectivity index (χ3v) is 2.72. The molecular formula is C13H14F2N2. The van der Waals surface area contributed by atoms with Gasteiger partial charge in [0.25, 0.3) is 0 Å². The van der Waals surface area contributed by atoms with Crippen LogP contribution in [0.1, 0.15) is 17.7 Å². The van der Waals surface area contributed by atoms with Crippen LogP contribution in [0.15, 0.2) is 18.2 Å². The Kier molecular flexibility index (Phi) is 3.33. The number of hydrogen-bond donors (Lipinski definition) is 1. The topological polar surface area (TPSA) is 38.9 Å². The molecule has 2 aromatic rings. The highest BCUT2D eigenvalue weighted by Crippen LogP contribution is 2.24. The summed E-state index contributed by atoms with van der Waals surface area (Å²) in [7, 11) is 0. The van der Waals surface area contributed by atoms with Crippen LogP contribution >= 0.6 is 0 Å². The van der Waals surface area contributed by atoms with Crippen LogP contribution in [-0.4, -0.2) is 11.5 Å². The molecule has 17 heavy (non-hydrogen) atoms. The number of aromatic nitrogens is 1. The van der Waals surface area contributed by atoms with E-state index in [1.165, 1.54) is 0 Å². The Bertz CT molecular complexity index is 553. The summed E-state index contributed by atoms with van der Waals surface area (Å²) in [6.45, 7) is 2.30. The molecule has 1 heterocycles. The van der Waals surface area contributed by atoms with E-state index in [0.717, 1.165) is 24.1 Å². The molecule has 0 atom stereocenters. The lowest BCUT2D eigenvalue weighted by Crippen LogP contribution is -2.03. The Morgan fingerprint density at radius 2 is 1.94 bits per heavy atom. The summed E-state index contributed by atoms with van der Waals surface area (Å²) in [6, 6.07) is 4.04. The minimum absolute atomic E-state index is 0.108. The van der Waals surface area contributed by atoms with Gasteiger partial charge in [-0.3, -0.25) is 0 Å². The summed E-state index contributed by atoms with van der Waals surface area (Å²) < 4.78 is 27.3. The lowest BCUT2D eigenvalue weighted by atomic mass is 10.0. The molecule has 0 radical (unpaired) electrons. The quantitative estimate of drug-likeness (QED) is 0.889. The third kappa shape index (κ3) is 2.26. The molecule has 0 aliphatic rings. The number of benzene rings is 1. The van der Waals surface area contributed by atoms with Crippen molar-refractivity contribution in [2.24, 2.45) is 5.73 Å². The second-order valence-corrected chi connectivity index (χ2v) is 4.07. The fourth-order valence-electron chi connectivity index (χ4n) is 1.98. The zero-order valence-corrected chi connectivity index (χ0v) is 9.63. The fraction of sp³-hybridized carbons (Fsp3) is 0.308. The number of pyridine rings is 1. The fourth-order valence-corrected chi connectivity index (χ4v) is 1.98. The zero-order chi connectivity index (χ0) is 12.4. The van der Waals surface area contributed by atoms with Crippen molar-refractivity contribution in [3.63, 3.8) is 0 Å². The maximum Gasteiger partial charge on any atom is 0.149 e. The van der Waals surface area contributed by atoms with Crippen LogP contribution < -0.4 is 5.73 Å². The first-order valence-corrected chi connectivity index (χ1v) is 5.58. The van der Waals surface area contributed by atoms with Crippen molar-refractivity contribution in [2.45, 2.75) is 19.8 Å². The molecule has 0 fully saturated rings. The third-order valence-electron chi connectivity index (χ3n) is 2.72. The van der Waals surface area contributed by atoms with Crippen molar-refractivity contribution in [3.05, 3.63) is 41.1 Å². The monoisotopic (exact) mass is 236 g/mol. The van der Waals surface area contributed by atoms with E-state index >= 15 is 0 Å². The number of fused-ring (bicyclic) bond motifs is 1. The van der Waals surface area contributed by atoms with E-state index in [0.29, 0.717) is 18.7 Å². The average Bonchev–Trinajstić information content (AvgIpc) is 2.30. The van der Waals surface area contributed by atoms with Crippen molar-refractivity contribution in [1.29, 1.82) is 0 Å². The minimum atomic E-state index is -0.487. The molecule has 0 bridgehead atoms. The molecule has 2 rings (SSSR count). The summed E-state index contributed by atoms with van der Waals surface area (Å²) in [6.07, 6.45) is 1.38. The molecule has 0 spiro atoms. The van der Waals surface area contributed by atoms with Crippen LogP contribution in [0.4, 0.5) is 8.78 Å². The van der Waals surface area contributed by atoms with Crippen LogP contribution in [0.5, 0.6) is 0 Å². The molecule has 0 aliphatic carbocycles. The normalized spacial score (nSPS) is 11.1. The van der Waals surface area contributed by atoms with Gasteiger partial charge in [0.1, 0.15) is 17.2 Å². The van der Waals surface area contributed by atoms with Gasteiger partial charge in [-0.25, -0.2) is 13.8 Å². The van der Waals surface area contributed by atoms with E-state index in [2.05, 4.69) is 4.98 Å². The number of aryl methyl sites for hydroxylation is 2. The van der Waals surface area contributed by atoms with Gasteiger partial charge in [-0.15, -0.1) is 0 Å². The SMILES string of the molecule is Cc1cc(CCCN)c2c(F)ccc(F)c2n1. The smallest absolute Gasteiger partial charge is 0.149 e. The molecule has 4 heteroatoms. The molecule has 2 nitrogen and oxygen atoms in total. The van der Waals surface area contributed by atoms with Crippen LogP contribution in [-0.2, 0) is 6.42 Å². The molecular weight excluding hydrogens is 222 g/mol. The van der Waals surface area contributed by atoms with Crippen molar-refractivity contribution < 1.29 is 8.78 Å². The largest absolute Gasteiger partial charge is 0.330 e. The Morgan fingerprint density at radius 1 is 1.24 bits per heavy atom. The molecule has 0 unspecified atom stereocenters. The maximum atomic E-state index is 13.7. The molecule has 0 amide bonds. The van der Waals surface area contributed by atoms with Gasteiger partial charge in [-0.2, -0.15) is 0 Å². The van der Waals surface area contributed by atoms with Gasteiger partial charge >= 0.3 is 0 Å². The van der Waals surface area contributed by atoms with Crippen LogP contribution in [0, 0.1) is 18.6 Å². The van der Waals surface area contributed by atoms with E-state index in [9.17, 15) is 8.78 Å². The summed E-state index contributed by atoms with van der Waals surface area (Å²) in [5.74, 6) is -0.917. The average molecular weight is 236 g/mol. The van der Waals surface area contributed by atoms with Gasteiger partial charge in [0.2, 0.25) is 0 Å². The second-order valence-electron chi connectivity index (χ2n) is 4.07. The maximum absolute atomic E-state index is 13.7. The van der Waals surface area contributed by atoms with Crippen LogP contribution in [0.2, 0.25) is 0 Å². The number of hydrogen-bond acceptors (Lipinski definition) is 2. The van der Waals surface area contributed by atoms with Gasteiger partial charge in [0, 0.05) is 11.1 Å². The summed E-state index contributed by atoms with van der Waals surface area (Å²) in [5.41, 5.74) is 7.01. The Labute approximate surface area is 98.5 Å². The summed E-state index contributed by atoms with van der Waals surface area (Å²) >= 11 is 0. The van der Waals surface area contributed by atoms with Gasteiger partial charge in [-0.1, -0.05) is 0 Å². The second kappa shape index (κ2) is 4.75. The standard InChI is InChI=1S/C13H14F2N2/c1-8-7-9(3-2-6-16)12-10(14)4-5-11(15)13(12)17-8/h4-5,7H,2-3,6,16H2,1H3. The highest BCUT2D eigenvalue weighted by atomic mass is 19.1. The predicted molar refractivity (Wildman–Crippen MR) is 63.8 cm³/mol. The predicted octanol–water partition coefficient (Wildman–Crippen LogP) is 2.71. The molecule has 0 saturated heterocycles. The number of rotatable bonds is 3. The minimum Gasteiger partial charge on any atom is -0.330 e. The van der Waals surface area contributed by atoms with Crippen LogP contribution in [0.3, 0.4) is 0 Å². The summed E-state index contributed by atoms with van der Waals surface area (Å²) in [5, 5.41) is 0.282. The lowest BCUT2D eigenvalue weighted by Gasteiger charge is -2.09.